The minimum atomic E-state index is -0.698. The van der Waals surface area contributed by atoms with Crippen molar-refractivity contribution in [3.05, 3.63) is 35.9 Å². The van der Waals surface area contributed by atoms with E-state index in [9.17, 15) is 4.79 Å². The van der Waals surface area contributed by atoms with Gasteiger partial charge in [-0.1, -0.05) is 35.5 Å². The number of carbonyl (C=O) groups excluding carboxylic acids is 1. The molecular formula is C9H8BrNO3. The highest BCUT2D eigenvalue weighted by Gasteiger charge is 2.09. The molecule has 5 heteroatoms. The molecule has 1 aromatic rings. The maximum absolute atomic E-state index is 11.0. The molecule has 74 valence electrons. The van der Waals surface area contributed by atoms with Crippen LogP contribution in [0.15, 0.2) is 35.5 Å². The molecule has 0 spiro atoms. The van der Waals surface area contributed by atoms with Crippen LogP contribution in [0.1, 0.15) is 5.56 Å². The molecule has 1 N–H and O–H groups in total. The van der Waals surface area contributed by atoms with Crippen molar-refractivity contribution in [3.8, 4) is 0 Å². The Bertz CT molecular complexity index is 337. The third-order valence-corrected chi connectivity index (χ3v) is 1.95. The van der Waals surface area contributed by atoms with E-state index in [1.807, 2.05) is 30.3 Å². The van der Waals surface area contributed by atoms with Gasteiger partial charge < -0.3 is 9.94 Å². The number of halogens is 1. The van der Waals surface area contributed by atoms with Gasteiger partial charge in [0.15, 0.2) is 0 Å². The summed E-state index contributed by atoms with van der Waals surface area (Å²) >= 11 is 2.74. The third kappa shape index (κ3) is 3.18. The summed E-state index contributed by atoms with van der Waals surface area (Å²) in [4.78, 5) is 11.0. The van der Waals surface area contributed by atoms with Gasteiger partial charge in [0, 0.05) is 0 Å². The molecule has 0 saturated carbocycles. The Morgan fingerprint density at radius 1 is 1.43 bits per heavy atom. The van der Waals surface area contributed by atoms with E-state index in [-0.39, 0.29) is 11.2 Å². The Kier molecular flexibility index (Phi) is 4.12. The lowest BCUT2D eigenvalue weighted by Crippen LogP contribution is -2.11. The summed E-state index contributed by atoms with van der Waals surface area (Å²) in [6.07, 6.45) is 0. The van der Waals surface area contributed by atoms with Gasteiger partial charge in [0.25, 0.3) is 0 Å². The van der Waals surface area contributed by atoms with Gasteiger partial charge in [-0.25, -0.2) is 4.79 Å². The Morgan fingerprint density at radius 2 is 2.07 bits per heavy atom. The highest BCUT2D eigenvalue weighted by molar-refractivity contribution is 9.19. The zero-order chi connectivity index (χ0) is 10.4. The molecule has 0 saturated heterocycles. The molecular weight excluding hydrogens is 250 g/mol. The Hall–Kier alpha value is -1.36. The van der Waals surface area contributed by atoms with E-state index in [0.29, 0.717) is 0 Å². The first-order valence-electron chi connectivity index (χ1n) is 3.82. The summed E-state index contributed by atoms with van der Waals surface area (Å²) in [7, 11) is 0. The first kappa shape index (κ1) is 10.7. The van der Waals surface area contributed by atoms with Gasteiger partial charge in [-0.2, -0.15) is 0 Å². The Balaban J connectivity index is 2.46. The van der Waals surface area contributed by atoms with Crippen LogP contribution in [0.25, 0.3) is 0 Å². The molecule has 0 unspecified atom stereocenters. The zero-order valence-electron chi connectivity index (χ0n) is 7.18. The fraction of sp³-hybridized carbons (Fsp3) is 0.111. The lowest BCUT2D eigenvalue weighted by molar-refractivity contribution is -0.136. The minimum Gasteiger partial charge on any atom is -0.456 e. The number of rotatable bonds is 3. The van der Waals surface area contributed by atoms with Gasteiger partial charge >= 0.3 is 5.97 Å². The molecule has 0 bridgehead atoms. The Morgan fingerprint density at radius 3 is 2.64 bits per heavy atom. The number of esters is 1. The molecule has 0 aliphatic rings. The van der Waals surface area contributed by atoms with Crippen molar-refractivity contribution in [2.45, 2.75) is 6.61 Å². The lowest BCUT2D eigenvalue weighted by Gasteiger charge is -2.01. The molecule has 0 aliphatic heterocycles. The van der Waals surface area contributed by atoms with Crippen LogP contribution in [0.4, 0.5) is 0 Å². The summed E-state index contributed by atoms with van der Waals surface area (Å²) in [6, 6.07) is 9.22. The molecule has 0 fully saturated rings. The zero-order valence-corrected chi connectivity index (χ0v) is 8.77. The summed E-state index contributed by atoms with van der Waals surface area (Å²) in [5.74, 6) is -0.698. The third-order valence-electron chi connectivity index (χ3n) is 1.47. The summed E-state index contributed by atoms with van der Waals surface area (Å²) in [5.41, 5.74) is 0.874. The Labute approximate surface area is 89.3 Å². The molecule has 0 aliphatic carbocycles. The molecule has 0 atom stereocenters. The second kappa shape index (κ2) is 5.39. The lowest BCUT2D eigenvalue weighted by atomic mass is 10.2. The standard InChI is InChI=1S/C9H8BrNO3/c10-8(11-13)9(12)14-6-7-4-2-1-3-5-7/h1-5,13H,6H2. The quantitative estimate of drug-likeness (QED) is 0.390. The number of carbonyl (C=O) groups is 1. The van der Waals surface area contributed by atoms with E-state index in [1.54, 1.807) is 0 Å². The number of oxime groups is 1. The normalized spacial score (nSPS) is 11.1. The molecule has 0 aromatic heterocycles. The molecule has 1 rings (SSSR count). The van der Waals surface area contributed by atoms with Gasteiger partial charge in [0.1, 0.15) is 6.61 Å². The average Bonchev–Trinajstić information content (AvgIpc) is 2.26. The predicted octanol–water partition coefficient (Wildman–Crippen LogP) is 1.91. The van der Waals surface area contributed by atoms with Crippen molar-refractivity contribution >= 4 is 26.5 Å². The van der Waals surface area contributed by atoms with Gasteiger partial charge in [-0.3, -0.25) is 0 Å². The summed E-state index contributed by atoms with van der Waals surface area (Å²) in [6.45, 7) is 0.157. The fourth-order valence-corrected chi connectivity index (χ4v) is 0.938. The molecule has 1 aromatic carbocycles. The minimum absolute atomic E-state index is 0.157. The van der Waals surface area contributed by atoms with Gasteiger partial charge in [-0.05, 0) is 21.5 Å². The highest BCUT2D eigenvalue weighted by Crippen LogP contribution is 2.02. The maximum atomic E-state index is 11.0. The van der Waals surface area contributed by atoms with Crippen LogP contribution in [-0.4, -0.2) is 15.8 Å². The topological polar surface area (TPSA) is 58.9 Å². The summed E-state index contributed by atoms with van der Waals surface area (Å²) in [5, 5.41) is 10.9. The van der Waals surface area contributed by atoms with Crippen LogP contribution in [0, 0.1) is 0 Å². The SMILES string of the molecule is O=C(OCc1ccccc1)C(Br)=NO. The van der Waals surface area contributed by atoms with Crippen molar-refractivity contribution in [3.63, 3.8) is 0 Å². The van der Waals surface area contributed by atoms with Gasteiger partial charge in [-0.15, -0.1) is 0 Å². The first-order valence-corrected chi connectivity index (χ1v) is 4.62. The van der Waals surface area contributed by atoms with Crippen LogP contribution >= 0.6 is 15.9 Å². The smallest absolute Gasteiger partial charge is 0.368 e. The van der Waals surface area contributed by atoms with Crippen LogP contribution in [0.2, 0.25) is 0 Å². The molecule has 4 nitrogen and oxygen atoms in total. The molecule has 0 heterocycles. The number of benzene rings is 1. The van der Waals surface area contributed by atoms with E-state index in [0.717, 1.165) is 5.56 Å². The first-order chi connectivity index (χ1) is 6.74. The number of ether oxygens (including phenoxy) is 1. The molecule has 0 radical (unpaired) electrons. The van der Waals surface area contributed by atoms with Gasteiger partial charge in [0.05, 0.1) is 0 Å². The van der Waals surface area contributed by atoms with Crippen molar-refractivity contribution in [1.82, 2.24) is 0 Å². The maximum Gasteiger partial charge on any atom is 0.368 e. The second-order valence-electron chi connectivity index (χ2n) is 2.45. The van der Waals surface area contributed by atoms with Crippen molar-refractivity contribution in [2.24, 2.45) is 5.16 Å². The van der Waals surface area contributed by atoms with Crippen LogP contribution in [-0.2, 0) is 16.1 Å². The van der Waals surface area contributed by atoms with Crippen molar-refractivity contribution in [1.29, 1.82) is 0 Å². The van der Waals surface area contributed by atoms with Gasteiger partial charge in [0.2, 0.25) is 4.62 Å². The fourth-order valence-electron chi connectivity index (χ4n) is 0.823. The van der Waals surface area contributed by atoms with Crippen LogP contribution < -0.4 is 0 Å². The van der Waals surface area contributed by atoms with Crippen molar-refractivity contribution in [2.75, 3.05) is 0 Å². The van der Waals surface area contributed by atoms with E-state index in [1.165, 1.54) is 0 Å². The number of hydrogen-bond donors (Lipinski definition) is 1. The van der Waals surface area contributed by atoms with Crippen LogP contribution in [0.3, 0.4) is 0 Å². The van der Waals surface area contributed by atoms with Crippen LogP contribution in [0.5, 0.6) is 0 Å². The van der Waals surface area contributed by atoms with E-state index >= 15 is 0 Å². The van der Waals surface area contributed by atoms with E-state index in [2.05, 4.69) is 21.1 Å². The van der Waals surface area contributed by atoms with E-state index < -0.39 is 5.97 Å². The number of nitrogens with zero attached hydrogens (tertiary/aromatic N) is 1. The predicted molar refractivity (Wildman–Crippen MR) is 54.4 cm³/mol. The largest absolute Gasteiger partial charge is 0.456 e. The highest BCUT2D eigenvalue weighted by atomic mass is 79.9. The molecule has 0 amide bonds. The molecule has 14 heavy (non-hydrogen) atoms. The van der Waals surface area contributed by atoms with Crippen molar-refractivity contribution < 1.29 is 14.7 Å². The second-order valence-corrected chi connectivity index (χ2v) is 3.20. The number of hydrogen-bond acceptors (Lipinski definition) is 4. The summed E-state index contributed by atoms with van der Waals surface area (Å²) < 4.78 is 4.56. The average molecular weight is 258 g/mol. The monoisotopic (exact) mass is 257 g/mol. The van der Waals surface area contributed by atoms with E-state index in [4.69, 9.17) is 9.94 Å².